The summed E-state index contributed by atoms with van der Waals surface area (Å²) in [5.41, 5.74) is 3.53. The van der Waals surface area contributed by atoms with Crippen LogP contribution in [0.4, 0.5) is 14.7 Å². The molecule has 0 aliphatic carbocycles. The molecule has 38 heavy (non-hydrogen) atoms. The smallest absolute Gasteiger partial charge is 0.387 e. The molecule has 198 valence electrons. The number of rotatable bonds is 8. The van der Waals surface area contributed by atoms with Gasteiger partial charge in [-0.05, 0) is 42.2 Å². The van der Waals surface area contributed by atoms with Crippen molar-refractivity contribution in [1.29, 1.82) is 0 Å². The van der Waals surface area contributed by atoms with E-state index >= 15 is 0 Å². The van der Waals surface area contributed by atoms with E-state index in [0.717, 1.165) is 29.5 Å². The average molecular weight is 523 g/mol. The Bertz CT molecular complexity index is 1530. The zero-order valence-electron chi connectivity index (χ0n) is 21.1. The molecule has 2 aromatic carbocycles. The topological polar surface area (TPSA) is 103 Å². The summed E-state index contributed by atoms with van der Waals surface area (Å²) in [7, 11) is 1.65. The standard InChI is InChI=1S/C27H28F2N6O3/c1-3-16-4-7-23(38-26(28)29)18(10-16)15-35-22-11-17(5-6-21(22)25(37)34(35)2)19-13-31-27(32-14-19)33-20-8-9-30-24(36)12-20/h4-7,10-11,13-14,20,26H,3,8-9,12,15H2,1-2H3,(H,30,36)(H,31,32,33)/t20-/m1/s1. The summed E-state index contributed by atoms with van der Waals surface area (Å²) in [5.74, 6) is 0.519. The molecular weight excluding hydrogens is 494 g/mol. The fraction of sp³-hybridized carbons (Fsp3) is 0.333. The molecule has 1 atom stereocenters. The van der Waals surface area contributed by atoms with Crippen LogP contribution >= 0.6 is 0 Å². The number of fused-ring (bicyclic) bond motifs is 1. The van der Waals surface area contributed by atoms with Crippen LogP contribution in [0.5, 0.6) is 5.75 Å². The van der Waals surface area contributed by atoms with E-state index in [0.29, 0.717) is 35.4 Å². The Morgan fingerprint density at radius 3 is 2.63 bits per heavy atom. The molecular formula is C27H28F2N6O3. The van der Waals surface area contributed by atoms with Gasteiger partial charge in [0.1, 0.15) is 5.75 Å². The van der Waals surface area contributed by atoms with Gasteiger partial charge in [-0.15, -0.1) is 0 Å². The lowest BCUT2D eigenvalue weighted by Crippen LogP contribution is -2.39. The van der Waals surface area contributed by atoms with Gasteiger partial charge in [0.25, 0.3) is 5.56 Å². The predicted molar refractivity (Wildman–Crippen MR) is 139 cm³/mol. The zero-order valence-corrected chi connectivity index (χ0v) is 21.1. The molecule has 1 fully saturated rings. The van der Waals surface area contributed by atoms with Crippen LogP contribution in [0.15, 0.2) is 53.6 Å². The van der Waals surface area contributed by atoms with E-state index in [4.69, 9.17) is 4.74 Å². The Hall–Kier alpha value is -4.28. The van der Waals surface area contributed by atoms with E-state index in [-0.39, 0.29) is 29.8 Å². The second-order valence-electron chi connectivity index (χ2n) is 9.27. The molecule has 0 spiro atoms. The van der Waals surface area contributed by atoms with Gasteiger partial charge in [0, 0.05) is 49.6 Å². The minimum absolute atomic E-state index is 0.00175. The molecule has 3 heterocycles. The van der Waals surface area contributed by atoms with Crippen molar-refractivity contribution in [3.63, 3.8) is 0 Å². The highest BCUT2D eigenvalue weighted by atomic mass is 19.3. The number of aromatic nitrogens is 4. The van der Waals surface area contributed by atoms with E-state index in [1.807, 2.05) is 25.1 Å². The molecule has 0 radical (unpaired) electrons. The van der Waals surface area contributed by atoms with E-state index in [2.05, 4.69) is 20.6 Å². The highest BCUT2D eigenvalue weighted by molar-refractivity contribution is 5.84. The first kappa shape index (κ1) is 25.4. The Morgan fingerprint density at radius 2 is 1.92 bits per heavy atom. The number of hydrogen-bond acceptors (Lipinski definition) is 6. The molecule has 0 bridgehead atoms. The number of piperidine rings is 1. The quantitative estimate of drug-likeness (QED) is 0.366. The minimum atomic E-state index is -2.95. The SMILES string of the molecule is CCc1ccc(OC(F)F)c(Cn2c3cc(-c4cnc(N[C@@H]5CCNC(=O)C5)nc4)ccc3c(=O)n2C)c1. The lowest BCUT2D eigenvalue weighted by atomic mass is 10.1. The van der Waals surface area contributed by atoms with Gasteiger partial charge >= 0.3 is 6.61 Å². The summed E-state index contributed by atoms with van der Waals surface area (Å²) in [6.45, 7) is -0.186. The van der Waals surface area contributed by atoms with Crippen LogP contribution in [-0.2, 0) is 24.8 Å². The van der Waals surface area contributed by atoms with Gasteiger partial charge in [-0.25, -0.2) is 9.97 Å². The van der Waals surface area contributed by atoms with Crippen molar-refractivity contribution < 1.29 is 18.3 Å². The lowest BCUT2D eigenvalue weighted by Gasteiger charge is -2.22. The Balaban J connectivity index is 1.46. The Morgan fingerprint density at radius 1 is 1.13 bits per heavy atom. The number of carbonyl (C=O) groups is 1. The fourth-order valence-corrected chi connectivity index (χ4v) is 4.73. The Kier molecular flexibility index (Phi) is 7.08. The first-order chi connectivity index (χ1) is 18.3. The molecule has 1 aliphatic rings. The number of anilines is 1. The lowest BCUT2D eigenvalue weighted by molar-refractivity contribution is -0.122. The fourth-order valence-electron chi connectivity index (χ4n) is 4.73. The van der Waals surface area contributed by atoms with Crippen molar-refractivity contribution in [2.75, 3.05) is 11.9 Å². The number of benzene rings is 2. The number of amides is 1. The summed E-state index contributed by atoms with van der Waals surface area (Å²) in [4.78, 5) is 33.4. The summed E-state index contributed by atoms with van der Waals surface area (Å²) in [6.07, 6.45) is 5.27. The van der Waals surface area contributed by atoms with E-state index in [1.165, 1.54) is 4.68 Å². The number of aryl methyl sites for hydroxylation is 1. The van der Waals surface area contributed by atoms with Crippen molar-refractivity contribution in [3.8, 4) is 16.9 Å². The summed E-state index contributed by atoms with van der Waals surface area (Å²) in [6, 6.07) is 10.5. The predicted octanol–water partition coefficient (Wildman–Crippen LogP) is 3.70. The maximum absolute atomic E-state index is 13.1. The average Bonchev–Trinajstić information content (AvgIpc) is 3.14. The molecule has 1 saturated heterocycles. The van der Waals surface area contributed by atoms with Crippen LogP contribution in [0.2, 0.25) is 0 Å². The van der Waals surface area contributed by atoms with Gasteiger partial charge in [0.15, 0.2) is 0 Å². The van der Waals surface area contributed by atoms with E-state index in [1.54, 1.807) is 42.3 Å². The molecule has 4 aromatic rings. The van der Waals surface area contributed by atoms with Crippen LogP contribution in [0, 0.1) is 0 Å². The van der Waals surface area contributed by atoms with E-state index in [9.17, 15) is 18.4 Å². The number of ether oxygens (including phenoxy) is 1. The van der Waals surface area contributed by atoms with Gasteiger partial charge in [-0.1, -0.05) is 25.1 Å². The molecule has 0 saturated carbocycles. The summed E-state index contributed by atoms with van der Waals surface area (Å²) < 4.78 is 34.1. The molecule has 2 aromatic heterocycles. The third kappa shape index (κ3) is 5.22. The summed E-state index contributed by atoms with van der Waals surface area (Å²) >= 11 is 0. The zero-order chi connectivity index (χ0) is 26.8. The molecule has 5 rings (SSSR count). The van der Waals surface area contributed by atoms with Crippen molar-refractivity contribution >= 4 is 22.8 Å². The van der Waals surface area contributed by atoms with Crippen molar-refractivity contribution in [2.45, 2.75) is 45.4 Å². The van der Waals surface area contributed by atoms with Gasteiger partial charge in [0.2, 0.25) is 11.9 Å². The summed E-state index contributed by atoms with van der Waals surface area (Å²) in [5, 5.41) is 6.51. The highest BCUT2D eigenvalue weighted by Crippen LogP contribution is 2.27. The second kappa shape index (κ2) is 10.6. The van der Waals surface area contributed by atoms with Crippen LogP contribution in [-0.4, -0.2) is 44.4 Å². The first-order valence-corrected chi connectivity index (χ1v) is 12.4. The number of hydrogen-bond donors (Lipinski definition) is 2. The third-order valence-electron chi connectivity index (χ3n) is 6.80. The monoisotopic (exact) mass is 522 g/mol. The van der Waals surface area contributed by atoms with Crippen LogP contribution in [0.3, 0.4) is 0 Å². The molecule has 2 N–H and O–H groups in total. The van der Waals surface area contributed by atoms with E-state index < -0.39 is 6.61 Å². The number of nitrogens with zero attached hydrogens (tertiary/aromatic N) is 4. The van der Waals surface area contributed by atoms with Crippen LogP contribution in [0.25, 0.3) is 22.0 Å². The largest absolute Gasteiger partial charge is 0.434 e. The molecule has 0 unspecified atom stereocenters. The molecule has 11 heteroatoms. The first-order valence-electron chi connectivity index (χ1n) is 12.4. The van der Waals surface area contributed by atoms with Gasteiger partial charge in [-0.3, -0.25) is 19.0 Å². The van der Waals surface area contributed by atoms with Gasteiger partial charge in [0.05, 0.1) is 17.4 Å². The maximum atomic E-state index is 13.1. The maximum Gasteiger partial charge on any atom is 0.387 e. The van der Waals surface area contributed by atoms with Crippen molar-refractivity contribution in [2.24, 2.45) is 7.05 Å². The van der Waals surface area contributed by atoms with Gasteiger partial charge in [-0.2, -0.15) is 8.78 Å². The number of alkyl halides is 2. The normalized spacial score (nSPS) is 15.6. The number of carbonyl (C=O) groups excluding carboxylic acids is 1. The molecule has 1 aliphatic heterocycles. The van der Waals surface area contributed by atoms with Crippen molar-refractivity contribution in [3.05, 3.63) is 70.3 Å². The third-order valence-corrected chi connectivity index (χ3v) is 6.80. The van der Waals surface area contributed by atoms with Crippen molar-refractivity contribution in [1.82, 2.24) is 24.6 Å². The number of nitrogens with one attached hydrogen (secondary N) is 2. The highest BCUT2D eigenvalue weighted by Gasteiger charge is 2.20. The number of halogens is 2. The van der Waals surface area contributed by atoms with Gasteiger partial charge < -0.3 is 15.4 Å². The Labute approximate surface area is 217 Å². The minimum Gasteiger partial charge on any atom is -0.434 e. The molecule has 1 amide bonds. The van der Waals surface area contributed by atoms with Crippen LogP contribution in [0.1, 0.15) is 30.9 Å². The van der Waals surface area contributed by atoms with Crippen LogP contribution < -0.4 is 20.9 Å². The molecule has 9 nitrogen and oxygen atoms in total. The second-order valence-corrected chi connectivity index (χ2v) is 9.27.